The molecule has 13 heavy (non-hydrogen) atoms. The lowest BCUT2D eigenvalue weighted by Gasteiger charge is -2.20. The molecular weight excluding hydrogens is 200 g/mol. The van der Waals surface area contributed by atoms with E-state index in [0.29, 0.717) is 9.86 Å². The Bertz CT molecular complexity index is 174. The minimum Gasteiger partial charge on any atom is -0.300 e. The van der Waals surface area contributed by atoms with E-state index in [1.54, 1.807) is 0 Å². The second-order valence-corrected chi connectivity index (χ2v) is 7.07. The third kappa shape index (κ3) is 3.94. The number of hydrogen-bond acceptors (Lipinski definition) is 3. The van der Waals surface area contributed by atoms with Gasteiger partial charge in [-0.15, -0.1) is 23.5 Å². The van der Waals surface area contributed by atoms with E-state index in [1.807, 2.05) is 23.5 Å². The van der Waals surface area contributed by atoms with Crippen molar-refractivity contribution >= 4 is 29.3 Å². The van der Waals surface area contributed by atoms with E-state index in [2.05, 4.69) is 13.8 Å². The molecule has 1 aliphatic rings. The van der Waals surface area contributed by atoms with E-state index in [1.165, 1.54) is 11.5 Å². The summed E-state index contributed by atoms with van der Waals surface area (Å²) in [6, 6.07) is 0. The predicted octanol–water partition coefficient (Wildman–Crippen LogP) is 3.33. The van der Waals surface area contributed by atoms with Gasteiger partial charge >= 0.3 is 0 Å². The lowest BCUT2D eigenvalue weighted by atomic mass is 10.1. The van der Waals surface area contributed by atoms with Crippen LogP contribution in [0.15, 0.2) is 0 Å². The maximum absolute atomic E-state index is 11.3. The third-order valence-electron chi connectivity index (χ3n) is 2.28. The third-order valence-corrected chi connectivity index (χ3v) is 5.70. The Morgan fingerprint density at radius 1 is 1.31 bits per heavy atom. The minimum atomic E-state index is 0.337. The number of Topliss-reactive ketones (excluding diaryl/α,β-unsaturated/α-hetero) is 1. The van der Waals surface area contributed by atoms with E-state index in [0.717, 1.165) is 25.7 Å². The number of rotatable bonds is 5. The molecule has 1 fully saturated rings. The number of hydrogen-bond donors (Lipinski definition) is 0. The van der Waals surface area contributed by atoms with Crippen molar-refractivity contribution < 1.29 is 4.79 Å². The summed E-state index contributed by atoms with van der Waals surface area (Å²) in [7, 11) is 0. The van der Waals surface area contributed by atoms with Gasteiger partial charge in [0.15, 0.2) is 0 Å². The fourth-order valence-electron chi connectivity index (χ4n) is 1.47. The fraction of sp³-hybridized carbons (Fsp3) is 0.900. The lowest BCUT2D eigenvalue weighted by Crippen LogP contribution is -2.13. The summed E-state index contributed by atoms with van der Waals surface area (Å²) in [4.78, 5) is 11.3. The Morgan fingerprint density at radius 3 is 2.46 bits per heavy atom. The van der Waals surface area contributed by atoms with Crippen molar-refractivity contribution in [1.82, 2.24) is 0 Å². The Kier molecular flexibility index (Phi) is 4.67. The Hall–Kier alpha value is 0.370. The average Bonchev–Trinajstić information content (AvgIpc) is 2.51. The molecule has 0 amide bonds. The zero-order valence-electron chi connectivity index (χ0n) is 8.47. The predicted molar refractivity (Wildman–Crippen MR) is 62.5 cm³/mol. The highest BCUT2D eigenvalue weighted by Gasteiger charge is 2.30. The largest absolute Gasteiger partial charge is 0.300 e. The first-order valence-corrected chi connectivity index (χ1v) is 6.93. The molecular formula is C10H18OS2. The zero-order valence-corrected chi connectivity index (χ0v) is 10.1. The first-order valence-electron chi connectivity index (χ1n) is 4.96. The van der Waals surface area contributed by atoms with Crippen molar-refractivity contribution in [1.29, 1.82) is 0 Å². The maximum atomic E-state index is 11.3. The molecule has 76 valence electrons. The fourth-order valence-corrected chi connectivity index (χ4v) is 4.33. The van der Waals surface area contributed by atoms with Crippen LogP contribution in [0, 0.1) is 0 Å². The van der Waals surface area contributed by atoms with Gasteiger partial charge in [-0.1, -0.05) is 6.92 Å². The smallest absolute Gasteiger partial charge is 0.132 e. The normalized spacial score (nSPS) is 20.5. The van der Waals surface area contributed by atoms with Gasteiger partial charge in [0.05, 0.1) is 4.08 Å². The van der Waals surface area contributed by atoms with Crippen LogP contribution in [-0.4, -0.2) is 21.4 Å². The molecule has 1 rings (SSSR count). The molecule has 0 aromatic rings. The standard InChI is InChI=1S/C10H18OS2/c1-3-4-9(11)5-6-10(2)12-7-8-13-10/h3-8H2,1-2H3. The summed E-state index contributed by atoms with van der Waals surface area (Å²) in [6.07, 6.45) is 3.60. The first-order chi connectivity index (χ1) is 6.16. The Labute approximate surface area is 89.4 Å². The number of carbonyl (C=O) groups excluding carboxylic acids is 1. The first kappa shape index (κ1) is 11.4. The maximum Gasteiger partial charge on any atom is 0.132 e. The van der Waals surface area contributed by atoms with Crippen LogP contribution in [0.2, 0.25) is 0 Å². The minimum absolute atomic E-state index is 0.337. The van der Waals surface area contributed by atoms with Crippen LogP contribution in [-0.2, 0) is 4.79 Å². The van der Waals surface area contributed by atoms with Crippen LogP contribution in [0.3, 0.4) is 0 Å². The topological polar surface area (TPSA) is 17.1 Å². The Morgan fingerprint density at radius 2 is 1.92 bits per heavy atom. The van der Waals surface area contributed by atoms with E-state index in [-0.39, 0.29) is 0 Å². The SMILES string of the molecule is CCCC(=O)CCC1(C)SCCS1. The highest BCUT2D eigenvalue weighted by molar-refractivity contribution is 8.21. The summed E-state index contributed by atoms with van der Waals surface area (Å²) in [5.41, 5.74) is 0. The molecule has 1 heterocycles. The molecule has 3 heteroatoms. The van der Waals surface area contributed by atoms with Gasteiger partial charge in [0.1, 0.15) is 5.78 Å². The highest BCUT2D eigenvalue weighted by Crippen LogP contribution is 2.46. The second-order valence-electron chi connectivity index (χ2n) is 3.62. The van der Waals surface area contributed by atoms with Crippen molar-refractivity contribution in [3.63, 3.8) is 0 Å². The van der Waals surface area contributed by atoms with E-state index < -0.39 is 0 Å². The molecule has 0 unspecified atom stereocenters. The molecule has 0 spiro atoms. The van der Waals surface area contributed by atoms with Gasteiger partial charge in [0, 0.05) is 24.3 Å². The zero-order chi connectivity index (χ0) is 9.73. The van der Waals surface area contributed by atoms with Crippen LogP contribution in [0.1, 0.15) is 39.5 Å². The summed E-state index contributed by atoms with van der Waals surface area (Å²) in [6.45, 7) is 4.34. The van der Waals surface area contributed by atoms with Gasteiger partial charge in [-0.2, -0.15) is 0 Å². The lowest BCUT2D eigenvalue weighted by molar-refractivity contribution is -0.119. The molecule has 0 bridgehead atoms. The van der Waals surface area contributed by atoms with Crippen molar-refractivity contribution in [2.45, 2.75) is 43.6 Å². The van der Waals surface area contributed by atoms with Gasteiger partial charge in [-0.05, 0) is 19.8 Å². The van der Waals surface area contributed by atoms with Crippen LogP contribution in [0.5, 0.6) is 0 Å². The van der Waals surface area contributed by atoms with Crippen LogP contribution in [0.25, 0.3) is 0 Å². The summed E-state index contributed by atoms with van der Waals surface area (Å²) in [5.74, 6) is 2.95. The highest BCUT2D eigenvalue weighted by atomic mass is 32.2. The van der Waals surface area contributed by atoms with E-state index in [9.17, 15) is 4.79 Å². The van der Waals surface area contributed by atoms with Gasteiger partial charge < -0.3 is 0 Å². The molecule has 0 N–H and O–H groups in total. The molecule has 1 nitrogen and oxygen atoms in total. The van der Waals surface area contributed by atoms with Gasteiger partial charge in [0.2, 0.25) is 0 Å². The quantitative estimate of drug-likeness (QED) is 0.704. The van der Waals surface area contributed by atoms with E-state index >= 15 is 0 Å². The summed E-state index contributed by atoms with van der Waals surface area (Å²) < 4.78 is 0.337. The van der Waals surface area contributed by atoms with Crippen molar-refractivity contribution in [2.75, 3.05) is 11.5 Å². The van der Waals surface area contributed by atoms with Gasteiger partial charge in [0.25, 0.3) is 0 Å². The molecule has 0 aliphatic carbocycles. The molecule has 1 aliphatic heterocycles. The molecule has 1 saturated heterocycles. The van der Waals surface area contributed by atoms with Crippen molar-refractivity contribution in [3.8, 4) is 0 Å². The van der Waals surface area contributed by atoms with Crippen molar-refractivity contribution in [3.05, 3.63) is 0 Å². The molecule has 0 atom stereocenters. The number of carbonyl (C=O) groups is 1. The summed E-state index contributed by atoms with van der Waals surface area (Å²) >= 11 is 4.03. The van der Waals surface area contributed by atoms with Crippen LogP contribution < -0.4 is 0 Å². The number of ketones is 1. The van der Waals surface area contributed by atoms with Gasteiger partial charge in [-0.3, -0.25) is 4.79 Å². The van der Waals surface area contributed by atoms with E-state index in [4.69, 9.17) is 0 Å². The second kappa shape index (κ2) is 5.30. The van der Waals surface area contributed by atoms with Crippen LogP contribution >= 0.6 is 23.5 Å². The molecule has 0 radical (unpaired) electrons. The summed E-state index contributed by atoms with van der Waals surface area (Å²) in [5, 5.41) is 0. The average molecular weight is 218 g/mol. The Balaban J connectivity index is 2.21. The molecule has 0 saturated carbocycles. The monoisotopic (exact) mass is 218 g/mol. The van der Waals surface area contributed by atoms with Crippen LogP contribution in [0.4, 0.5) is 0 Å². The molecule has 0 aromatic heterocycles. The van der Waals surface area contributed by atoms with Crippen molar-refractivity contribution in [2.24, 2.45) is 0 Å². The van der Waals surface area contributed by atoms with Gasteiger partial charge in [-0.25, -0.2) is 0 Å². The number of thioether (sulfide) groups is 2. The molecule has 0 aromatic carbocycles.